The largest absolute Gasteiger partial charge is 0.292 e. The molecule has 0 aliphatic rings. The third-order valence-electron chi connectivity index (χ3n) is 1.42. The molecule has 0 bridgehead atoms. The predicted molar refractivity (Wildman–Crippen MR) is 48.0 cm³/mol. The Hall–Kier alpha value is -1.96. The summed E-state index contributed by atoms with van der Waals surface area (Å²) in [6, 6.07) is 5.09. The molecule has 0 aliphatic heterocycles. The van der Waals surface area contributed by atoms with E-state index >= 15 is 0 Å². The van der Waals surface area contributed by atoms with Gasteiger partial charge in [-0.1, -0.05) is 28.7 Å². The number of hydrogen-bond donors (Lipinski definition) is 0. The third kappa shape index (κ3) is 2.04. The van der Waals surface area contributed by atoms with Gasteiger partial charge in [0, 0.05) is 0 Å². The summed E-state index contributed by atoms with van der Waals surface area (Å²) < 4.78 is 24.9. The quantitative estimate of drug-likeness (QED) is 0.417. The van der Waals surface area contributed by atoms with Crippen LogP contribution in [0.3, 0.4) is 0 Å². The smallest absolute Gasteiger partial charge is 0.238 e. The van der Waals surface area contributed by atoms with E-state index in [1.54, 1.807) is 0 Å². The maximum atomic E-state index is 11.1. The van der Waals surface area contributed by atoms with E-state index in [-0.39, 0.29) is 4.90 Å². The topological polar surface area (TPSA) is 67.9 Å². The van der Waals surface area contributed by atoms with Crippen molar-refractivity contribution in [2.24, 2.45) is 4.40 Å². The summed E-state index contributed by atoms with van der Waals surface area (Å²) in [5.74, 6) is 0. The lowest BCUT2D eigenvalue weighted by Gasteiger charge is -1.95. The van der Waals surface area contributed by atoms with Crippen LogP contribution >= 0.6 is 0 Å². The summed E-state index contributed by atoms with van der Waals surface area (Å²) in [6.07, 6.45) is 0.962. The highest BCUT2D eigenvalue weighted by atomic mass is 32.2. The molecule has 14 heavy (non-hydrogen) atoms. The molecule has 0 spiro atoms. The van der Waals surface area contributed by atoms with Gasteiger partial charge in [-0.25, -0.2) is 9.64 Å². The summed E-state index contributed by atoms with van der Waals surface area (Å²) in [5, 5.41) is 0. The maximum absolute atomic E-state index is 11.1. The van der Waals surface area contributed by atoms with Gasteiger partial charge >= 0.3 is 0 Å². The minimum absolute atomic E-state index is 0.131. The van der Waals surface area contributed by atoms with Gasteiger partial charge in [-0.05, 0) is 0 Å². The highest BCUT2D eigenvalue weighted by Crippen LogP contribution is 2.17. The molecule has 0 radical (unpaired) electrons. The second kappa shape index (κ2) is 3.83. The fourth-order valence-corrected chi connectivity index (χ4v) is 1.48. The first-order valence-corrected chi connectivity index (χ1v) is 4.86. The lowest BCUT2D eigenvalue weighted by Crippen LogP contribution is -1.94. The second-order valence-electron chi connectivity index (χ2n) is 2.26. The second-order valence-corrected chi connectivity index (χ2v) is 3.87. The summed E-state index contributed by atoms with van der Waals surface area (Å²) in [4.78, 5) is 12.8. The van der Waals surface area contributed by atoms with Crippen LogP contribution < -0.4 is 0 Å². The zero-order valence-electron chi connectivity index (χ0n) is 6.84. The van der Waals surface area contributed by atoms with Gasteiger partial charge in [0.05, 0.1) is 11.5 Å². The van der Waals surface area contributed by atoms with E-state index in [1.165, 1.54) is 24.3 Å². The monoisotopic (exact) mass is 208 g/mol. The molecule has 0 aromatic heterocycles. The van der Waals surface area contributed by atoms with Gasteiger partial charge in [0.1, 0.15) is 0 Å². The van der Waals surface area contributed by atoms with E-state index in [1.807, 2.05) is 0 Å². The van der Waals surface area contributed by atoms with Crippen LogP contribution in [0.5, 0.6) is 0 Å². The molecular weight excluding hydrogens is 204 g/mol. The highest BCUT2D eigenvalue weighted by Gasteiger charge is 2.11. The van der Waals surface area contributed by atoms with Gasteiger partial charge in [-0.3, -0.25) is 0 Å². The molecular formula is C8H4N2O3S. The molecule has 0 unspecified atom stereocenters. The zero-order chi connectivity index (χ0) is 10.6. The number of sulfonamides is 1. The van der Waals surface area contributed by atoms with Crippen molar-refractivity contribution in [2.75, 3.05) is 0 Å². The fourth-order valence-electron chi connectivity index (χ4n) is 0.794. The van der Waals surface area contributed by atoms with Gasteiger partial charge < -0.3 is 0 Å². The number of carbonyl (C=O) groups excluding carboxylic acids is 1. The van der Waals surface area contributed by atoms with Crippen molar-refractivity contribution >= 4 is 21.8 Å². The van der Waals surface area contributed by atoms with E-state index in [0.717, 1.165) is 6.08 Å². The molecule has 0 saturated carbocycles. The highest BCUT2D eigenvalue weighted by molar-refractivity contribution is 7.90. The van der Waals surface area contributed by atoms with E-state index in [0.29, 0.717) is 5.69 Å². The van der Waals surface area contributed by atoms with Gasteiger partial charge in [-0.15, -0.1) is 0 Å². The van der Waals surface area contributed by atoms with E-state index in [9.17, 15) is 13.2 Å². The van der Waals surface area contributed by atoms with Crippen LogP contribution in [0.4, 0.5) is 5.69 Å². The molecule has 0 heterocycles. The van der Waals surface area contributed by atoms with Crippen molar-refractivity contribution in [1.29, 1.82) is 0 Å². The Morgan fingerprint density at radius 1 is 1.29 bits per heavy atom. The molecule has 0 aliphatic carbocycles. The maximum Gasteiger partial charge on any atom is 0.292 e. The predicted octanol–water partition coefficient (Wildman–Crippen LogP) is 1.26. The molecule has 0 atom stereocenters. The first kappa shape index (κ1) is 10.1. The Morgan fingerprint density at radius 3 is 2.29 bits per heavy atom. The summed E-state index contributed by atoms with van der Waals surface area (Å²) in [5.41, 5.74) is 0.319. The van der Waals surface area contributed by atoms with Crippen LogP contribution in [0.2, 0.25) is 0 Å². The van der Waals surface area contributed by atoms with Crippen molar-refractivity contribution in [3.8, 4) is 0 Å². The molecule has 0 N–H and O–H groups in total. The standard InChI is InChI=1S/C8H4N2O3S/c1-9-7-2-4-8(5-3-7)14(12,13)10-6-11/h2-5H. The summed E-state index contributed by atoms with van der Waals surface area (Å²) in [7, 11) is -3.94. The Kier molecular flexibility index (Phi) is 2.77. The van der Waals surface area contributed by atoms with Crippen LogP contribution in [0, 0.1) is 6.57 Å². The van der Waals surface area contributed by atoms with E-state index in [2.05, 4.69) is 9.24 Å². The lowest BCUT2D eigenvalue weighted by molar-refractivity contribution is 0.563. The molecule has 1 rings (SSSR count). The number of rotatable bonds is 2. The molecule has 1 aromatic carbocycles. The average molecular weight is 208 g/mol. The van der Waals surface area contributed by atoms with Crippen molar-refractivity contribution in [2.45, 2.75) is 4.90 Å². The van der Waals surface area contributed by atoms with Gasteiger partial charge in [0.15, 0.2) is 5.69 Å². The number of benzene rings is 1. The van der Waals surface area contributed by atoms with Crippen LogP contribution in [0.15, 0.2) is 33.6 Å². The van der Waals surface area contributed by atoms with Crippen molar-refractivity contribution in [3.63, 3.8) is 0 Å². The van der Waals surface area contributed by atoms with Gasteiger partial charge in [0.25, 0.3) is 16.1 Å². The van der Waals surface area contributed by atoms with Gasteiger partial charge in [0.2, 0.25) is 0 Å². The summed E-state index contributed by atoms with van der Waals surface area (Å²) >= 11 is 0. The molecule has 0 saturated heterocycles. The average Bonchev–Trinajstić information content (AvgIpc) is 2.18. The molecule has 70 valence electrons. The molecule has 6 heteroatoms. The van der Waals surface area contributed by atoms with E-state index in [4.69, 9.17) is 6.57 Å². The Morgan fingerprint density at radius 2 is 1.86 bits per heavy atom. The zero-order valence-corrected chi connectivity index (χ0v) is 7.65. The van der Waals surface area contributed by atoms with Crippen molar-refractivity contribution in [3.05, 3.63) is 35.7 Å². The summed E-state index contributed by atoms with van der Waals surface area (Å²) in [6.45, 7) is 6.64. The minimum Gasteiger partial charge on any atom is -0.238 e. The Balaban J connectivity index is 3.24. The fraction of sp³-hybridized carbons (Fsp3) is 0. The lowest BCUT2D eigenvalue weighted by atomic mass is 10.3. The molecule has 0 amide bonds. The van der Waals surface area contributed by atoms with Gasteiger partial charge in [-0.2, -0.15) is 8.42 Å². The van der Waals surface area contributed by atoms with Crippen LogP contribution in [0.1, 0.15) is 0 Å². The SMILES string of the molecule is [C-]#[N+]c1ccc(S(=O)(=O)N=C=O)cc1. The normalized spacial score (nSPS) is 9.93. The molecule has 5 nitrogen and oxygen atoms in total. The third-order valence-corrected chi connectivity index (χ3v) is 2.60. The van der Waals surface area contributed by atoms with Crippen molar-refractivity contribution < 1.29 is 13.2 Å². The molecule has 0 fully saturated rings. The molecule has 1 aromatic rings. The van der Waals surface area contributed by atoms with E-state index < -0.39 is 10.0 Å². The van der Waals surface area contributed by atoms with Crippen LogP contribution in [0.25, 0.3) is 4.85 Å². The minimum atomic E-state index is -3.94. The van der Waals surface area contributed by atoms with Crippen LogP contribution in [-0.4, -0.2) is 14.5 Å². The Bertz CT molecular complexity index is 519. The first-order valence-electron chi connectivity index (χ1n) is 3.42. The number of hydrogen-bond acceptors (Lipinski definition) is 3. The Labute approximate surface area is 80.6 Å². The number of isocyanates is 1. The number of nitrogens with zero attached hydrogens (tertiary/aromatic N) is 2. The van der Waals surface area contributed by atoms with Crippen LogP contribution in [-0.2, 0) is 14.8 Å². The first-order chi connectivity index (χ1) is 6.60. The van der Waals surface area contributed by atoms with Crippen molar-refractivity contribution in [1.82, 2.24) is 0 Å².